The molecule has 1 aliphatic rings. The van der Waals surface area contributed by atoms with Crippen LogP contribution in [0.5, 0.6) is 0 Å². The molecule has 1 aliphatic carbocycles. The maximum atomic E-state index is 13.1. The van der Waals surface area contributed by atoms with Gasteiger partial charge in [0.15, 0.2) is 0 Å². The summed E-state index contributed by atoms with van der Waals surface area (Å²) in [5.74, 6) is -1.93. The van der Waals surface area contributed by atoms with E-state index in [1.165, 1.54) is 30.6 Å². The lowest BCUT2D eigenvalue weighted by Crippen LogP contribution is -2.28. The summed E-state index contributed by atoms with van der Waals surface area (Å²) in [7, 11) is 0. The standard InChI is InChI=1S/C19H17F3N2O3/c20-19(21,22)16-4-2-1-3-13(16)14-11-15(14)18(26)27-10-9-24-17(25)12-5-7-23-8-6-12/h1-8,14-15H,9-11H2,(H,24,25). The van der Waals surface area contributed by atoms with E-state index in [2.05, 4.69) is 10.3 Å². The van der Waals surface area contributed by atoms with Crippen LogP contribution in [0, 0.1) is 5.92 Å². The number of esters is 1. The number of benzene rings is 1. The van der Waals surface area contributed by atoms with E-state index in [9.17, 15) is 22.8 Å². The molecule has 0 aliphatic heterocycles. The number of halogens is 3. The molecule has 1 heterocycles. The fourth-order valence-corrected chi connectivity index (χ4v) is 2.91. The Hall–Kier alpha value is -2.90. The normalized spacial score (nSPS) is 18.6. The predicted octanol–water partition coefficient (Wildman–Crippen LogP) is 3.18. The monoisotopic (exact) mass is 378 g/mol. The van der Waals surface area contributed by atoms with Gasteiger partial charge in [-0.3, -0.25) is 14.6 Å². The Morgan fingerprint density at radius 1 is 1.15 bits per heavy atom. The van der Waals surface area contributed by atoms with Crippen LogP contribution < -0.4 is 5.32 Å². The highest BCUT2D eigenvalue weighted by molar-refractivity contribution is 5.93. The van der Waals surface area contributed by atoms with E-state index in [0.717, 1.165) is 6.07 Å². The molecule has 0 radical (unpaired) electrons. The first-order valence-electron chi connectivity index (χ1n) is 8.39. The second-order valence-corrected chi connectivity index (χ2v) is 6.19. The quantitative estimate of drug-likeness (QED) is 0.619. The summed E-state index contributed by atoms with van der Waals surface area (Å²) in [6.45, 7) is 0.0726. The van der Waals surface area contributed by atoms with Gasteiger partial charge in [0.2, 0.25) is 0 Å². The molecule has 1 N–H and O–H groups in total. The lowest BCUT2D eigenvalue weighted by Gasteiger charge is -2.12. The molecule has 1 aromatic carbocycles. The van der Waals surface area contributed by atoms with Crippen LogP contribution in [-0.4, -0.2) is 30.0 Å². The molecule has 27 heavy (non-hydrogen) atoms. The van der Waals surface area contributed by atoms with Crippen LogP contribution in [0.25, 0.3) is 0 Å². The fraction of sp³-hybridized carbons (Fsp3) is 0.316. The van der Waals surface area contributed by atoms with Crippen LogP contribution in [0.2, 0.25) is 0 Å². The van der Waals surface area contributed by atoms with Gasteiger partial charge in [0.1, 0.15) is 6.61 Å². The highest BCUT2D eigenvalue weighted by Gasteiger charge is 2.48. The molecular weight excluding hydrogens is 361 g/mol. The molecule has 142 valence electrons. The molecule has 0 spiro atoms. The first kappa shape index (κ1) is 18.9. The van der Waals surface area contributed by atoms with Gasteiger partial charge in [-0.05, 0) is 36.1 Å². The second kappa shape index (κ2) is 7.77. The van der Waals surface area contributed by atoms with Crippen molar-refractivity contribution in [3.63, 3.8) is 0 Å². The van der Waals surface area contributed by atoms with Crippen LogP contribution in [0.3, 0.4) is 0 Å². The molecule has 5 nitrogen and oxygen atoms in total. The highest BCUT2D eigenvalue weighted by atomic mass is 19.4. The van der Waals surface area contributed by atoms with Crippen molar-refractivity contribution in [1.82, 2.24) is 10.3 Å². The minimum atomic E-state index is -4.45. The SMILES string of the molecule is O=C(NCCOC(=O)C1CC1c1ccccc1C(F)(F)F)c1ccncc1. The van der Waals surface area contributed by atoms with E-state index in [0.29, 0.717) is 12.0 Å². The summed E-state index contributed by atoms with van der Waals surface area (Å²) in [6.07, 6.45) is -1.15. The second-order valence-electron chi connectivity index (χ2n) is 6.19. The lowest BCUT2D eigenvalue weighted by atomic mass is 10.0. The molecule has 8 heteroatoms. The number of pyridine rings is 1. The lowest BCUT2D eigenvalue weighted by molar-refractivity contribution is -0.145. The van der Waals surface area contributed by atoms with Gasteiger partial charge in [0.25, 0.3) is 5.91 Å². The Balaban J connectivity index is 1.47. The van der Waals surface area contributed by atoms with Gasteiger partial charge >= 0.3 is 12.1 Å². The van der Waals surface area contributed by atoms with E-state index in [-0.39, 0.29) is 24.6 Å². The maximum absolute atomic E-state index is 13.1. The Labute approximate surface area is 153 Å². The number of nitrogens with one attached hydrogen (secondary N) is 1. The molecule has 1 fully saturated rings. The zero-order valence-corrected chi connectivity index (χ0v) is 14.2. The zero-order chi connectivity index (χ0) is 19.4. The fourth-order valence-electron chi connectivity index (χ4n) is 2.91. The number of nitrogens with zero attached hydrogens (tertiary/aromatic N) is 1. The number of aromatic nitrogens is 1. The number of hydrogen-bond donors (Lipinski definition) is 1. The highest BCUT2D eigenvalue weighted by Crippen LogP contribution is 2.51. The van der Waals surface area contributed by atoms with E-state index in [4.69, 9.17) is 4.74 Å². The first-order chi connectivity index (χ1) is 12.9. The van der Waals surface area contributed by atoms with Crippen LogP contribution in [-0.2, 0) is 15.7 Å². The van der Waals surface area contributed by atoms with Crippen LogP contribution >= 0.6 is 0 Å². The number of carbonyl (C=O) groups is 2. The Kier molecular flexibility index (Phi) is 5.43. The predicted molar refractivity (Wildman–Crippen MR) is 89.8 cm³/mol. The van der Waals surface area contributed by atoms with E-state index >= 15 is 0 Å². The summed E-state index contributed by atoms with van der Waals surface area (Å²) < 4.78 is 44.3. The molecule has 1 saturated carbocycles. The third-order valence-corrected chi connectivity index (χ3v) is 4.33. The number of alkyl halides is 3. The molecule has 2 aromatic rings. The van der Waals surface area contributed by atoms with Gasteiger partial charge in [0.05, 0.1) is 18.0 Å². The van der Waals surface area contributed by atoms with Crippen molar-refractivity contribution in [1.29, 1.82) is 0 Å². The summed E-state index contributed by atoms with van der Waals surface area (Å²) in [4.78, 5) is 27.7. The molecule has 0 bridgehead atoms. The largest absolute Gasteiger partial charge is 0.464 e. The maximum Gasteiger partial charge on any atom is 0.416 e. The number of rotatable bonds is 6. The Morgan fingerprint density at radius 2 is 1.85 bits per heavy atom. The molecule has 3 rings (SSSR count). The van der Waals surface area contributed by atoms with Crippen LogP contribution in [0.1, 0.15) is 33.8 Å². The Bertz CT molecular complexity index is 824. The summed E-state index contributed by atoms with van der Waals surface area (Å²) in [5, 5.41) is 2.59. The molecule has 1 aromatic heterocycles. The van der Waals surface area contributed by atoms with Crippen molar-refractivity contribution < 1.29 is 27.5 Å². The smallest absolute Gasteiger partial charge is 0.416 e. The van der Waals surface area contributed by atoms with E-state index in [1.807, 2.05) is 0 Å². The summed E-state index contributed by atoms with van der Waals surface area (Å²) in [6, 6.07) is 8.37. The van der Waals surface area contributed by atoms with Crippen molar-refractivity contribution in [2.45, 2.75) is 18.5 Å². The number of hydrogen-bond acceptors (Lipinski definition) is 4. The van der Waals surface area contributed by atoms with Crippen LogP contribution in [0.4, 0.5) is 13.2 Å². The minimum Gasteiger partial charge on any atom is -0.464 e. The molecular formula is C19H17F3N2O3. The topological polar surface area (TPSA) is 68.3 Å². The van der Waals surface area contributed by atoms with Crippen LogP contribution in [0.15, 0.2) is 48.8 Å². The third kappa shape index (κ3) is 4.64. The van der Waals surface area contributed by atoms with Crippen molar-refractivity contribution in [2.24, 2.45) is 5.92 Å². The number of ether oxygens (including phenoxy) is 1. The van der Waals surface area contributed by atoms with Crippen molar-refractivity contribution in [2.75, 3.05) is 13.2 Å². The van der Waals surface area contributed by atoms with Crippen molar-refractivity contribution in [3.05, 3.63) is 65.5 Å². The molecule has 2 atom stereocenters. The van der Waals surface area contributed by atoms with Crippen molar-refractivity contribution in [3.8, 4) is 0 Å². The van der Waals surface area contributed by atoms with Gasteiger partial charge in [-0.2, -0.15) is 13.2 Å². The molecule has 2 unspecified atom stereocenters. The average molecular weight is 378 g/mol. The van der Waals surface area contributed by atoms with Gasteiger partial charge in [-0.1, -0.05) is 18.2 Å². The van der Waals surface area contributed by atoms with Gasteiger partial charge in [0, 0.05) is 18.0 Å². The number of carbonyl (C=O) groups excluding carboxylic acids is 2. The first-order valence-corrected chi connectivity index (χ1v) is 8.39. The third-order valence-electron chi connectivity index (χ3n) is 4.33. The van der Waals surface area contributed by atoms with Gasteiger partial charge in [-0.15, -0.1) is 0 Å². The zero-order valence-electron chi connectivity index (χ0n) is 14.2. The molecule has 1 amide bonds. The van der Waals surface area contributed by atoms with Gasteiger partial charge in [-0.25, -0.2) is 0 Å². The summed E-state index contributed by atoms with van der Waals surface area (Å²) >= 11 is 0. The van der Waals surface area contributed by atoms with Gasteiger partial charge < -0.3 is 10.1 Å². The van der Waals surface area contributed by atoms with E-state index in [1.54, 1.807) is 12.1 Å². The minimum absolute atomic E-state index is 0.0419. The van der Waals surface area contributed by atoms with E-state index < -0.39 is 29.5 Å². The number of amides is 1. The summed E-state index contributed by atoms with van der Waals surface area (Å²) in [5.41, 5.74) is -0.157. The van der Waals surface area contributed by atoms with Crippen molar-refractivity contribution >= 4 is 11.9 Å². The average Bonchev–Trinajstić information content (AvgIpc) is 3.46. The molecule has 0 saturated heterocycles. The Morgan fingerprint density at radius 3 is 2.56 bits per heavy atom.